The Hall–Kier alpha value is -2.42. The minimum atomic E-state index is -0.177. The van der Waals surface area contributed by atoms with Gasteiger partial charge in [-0.1, -0.05) is 19.2 Å². The van der Waals surface area contributed by atoms with Crippen LogP contribution in [0, 0.1) is 0 Å². The van der Waals surface area contributed by atoms with Gasteiger partial charge in [0, 0.05) is 11.1 Å². The number of hydrogen-bond acceptors (Lipinski definition) is 3. The van der Waals surface area contributed by atoms with Crippen molar-refractivity contribution in [1.82, 2.24) is 0 Å². The number of hydrogen-bond donors (Lipinski definition) is 0. The molecule has 0 aliphatic rings. The molecule has 0 atom stereocenters. The molecule has 3 heteroatoms. The van der Waals surface area contributed by atoms with Crippen LogP contribution in [0.3, 0.4) is 0 Å². The van der Waals surface area contributed by atoms with Gasteiger partial charge in [0.05, 0.1) is 0 Å². The van der Waals surface area contributed by atoms with E-state index >= 15 is 0 Å². The SMILES string of the molecule is C=C/C=C(\C=C)Oc1ccc(C(C)=O)c(C(C)=O)c1. The normalized spacial score (nSPS) is 10.7. The van der Waals surface area contributed by atoms with E-state index in [1.54, 1.807) is 30.4 Å². The largest absolute Gasteiger partial charge is 0.457 e. The lowest BCUT2D eigenvalue weighted by atomic mass is 10.0. The Morgan fingerprint density at radius 1 is 1.11 bits per heavy atom. The number of allylic oxidation sites excluding steroid dienone is 3. The first-order chi connectivity index (χ1) is 8.99. The van der Waals surface area contributed by atoms with Crippen molar-refractivity contribution in [3.8, 4) is 5.75 Å². The molecule has 0 aromatic heterocycles. The molecule has 3 nitrogen and oxygen atoms in total. The monoisotopic (exact) mass is 256 g/mol. The Morgan fingerprint density at radius 2 is 1.74 bits per heavy atom. The fraction of sp³-hybridized carbons (Fsp3) is 0.125. The zero-order valence-electron chi connectivity index (χ0n) is 11.1. The van der Waals surface area contributed by atoms with Crippen molar-refractivity contribution in [2.24, 2.45) is 0 Å². The second kappa shape index (κ2) is 6.50. The fourth-order valence-electron chi connectivity index (χ4n) is 1.58. The molecule has 0 amide bonds. The maximum atomic E-state index is 11.5. The van der Waals surface area contributed by atoms with E-state index in [4.69, 9.17) is 4.74 Å². The Balaban J connectivity index is 3.19. The molecule has 19 heavy (non-hydrogen) atoms. The fourth-order valence-corrected chi connectivity index (χ4v) is 1.58. The van der Waals surface area contributed by atoms with Crippen LogP contribution in [0.15, 0.2) is 55.3 Å². The minimum Gasteiger partial charge on any atom is -0.457 e. The zero-order chi connectivity index (χ0) is 14.4. The molecular weight excluding hydrogens is 240 g/mol. The first-order valence-corrected chi connectivity index (χ1v) is 5.78. The Labute approximate surface area is 112 Å². The highest BCUT2D eigenvalue weighted by Gasteiger charge is 2.12. The van der Waals surface area contributed by atoms with Crippen molar-refractivity contribution in [2.75, 3.05) is 0 Å². The Kier molecular flexibility index (Phi) is 5.01. The van der Waals surface area contributed by atoms with E-state index in [2.05, 4.69) is 13.2 Å². The van der Waals surface area contributed by atoms with Crippen molar-refractivity contribution >= 4 is 11.6 Å². The number of Topliss-reactive ketones (excluding diaryl/α,β-unsaturated/α-hetero) is 2. The van der Waals surface area contributed by atoms with E-state index in [-0.39, 0.29) is 11.6 Å². The number of ether oxygens (including phenoxy) is 1. The van der Waals surface area contributed by atoms with Gasteiger partial charge in [-0.3, -0.25) is 9.59 Å². The number of ketones is 2. The van der Waals surface area contributed by atoms with Crippen molar-refractivity contribution < 1.29 is 14.3 Å². The van der Waals surface area contributed by atoms with Crippen LogP contribution in [0.4, 0.5) is 0 Å². The molecule has 0 aliphatic heterocycles. The molecule has 0 bridgehead atoms. The summed E-state index contributed by atoms with van der Waals surface area (Å²) in [5.74, 6) is 0.661. The van der Waals surface area contributed by atoms with Crippen LogP contribution >= 0.6 is 0 Å². The van der Waals surface area contributed by atoms with Crippen molar-refractivity contribution in [1.29, 1.82) is 0 Å². The molecule has 0 saturated heterocycles. The first kappa shape index (κ1) is 14.6. The molecule has 0 aliphatic carbocycles. The number of carbonyl (C=O) groups excluding carboxylic acids is 2. The van der Waals surface area contributed by atoms with E-state index < -0.39 is 0 Å². The van der Waals surface area contributed by atoms with E-state index in [1.165, 1.54) is 19.9 Å². The van der Waals surface area contributed by atoms with Crippen LogP contribution in [0.2, 0.25) is 0 Å². The highest BCUT2D eigenvalue weighted by Crippen LogP contribution is 2.21. The van der Waals surface area contributed by atoms with E-state index in [0.29, 0.717) is 22.6 Å². The van der Waals surface area contributed by atoms with Crippen molar-refractivity contribution in [3.63, 3.8) is 0 Å². The predicted octanol–water partition coefficient (Wildman–Crippen LogP) is 3.73. The smallest absolute Gasteiger partial charge is 0.160 e. The molecule has 98 valence electrons. The van der Waals surface area contributed by atoms with Gasteiger partial charge in [-0.25, -0.2) is 0 Å². The van der Waals surface area contributed by atoms with E-state index in [9.17, 15) is 9.59 Å². The molecule has 0 fully saturated rings. The quantitative estimate of drug-likeness (QED) is 0.442. The summed E-state index contributed by atoms with van der Waals surface area (Å²) in [4.78, 5) is 23.0. The van der Waals surface area contributed by atoms with Gasteiger partial charge in [-0.2, -0.15) is 0 Å². The second-order valence-electron chi connectivity index (χ2n) is 3.93. The van der Waals surface area contributed by atoms with Gasteiger partial charge in [0.1, 0.15) is 11.5 Å². The van der Waals surface area contributed by atoms with Crippen LogP contribution in [0.1, 0.15) is 34.6 Å². The molecule has 0 spiro atoms. The summed E-state index contributed by atoms with van der Waals surface area (Å²) < 4.78 is 5.54. The average molecular weight is 256 g/mol. The highest BCUT2D eigenvalue weighted by atomic mass is 16.5. The lowest BCUT2D eigenvalue weighted by Crippen LogP contribution is -2.04. The molecule has 1 aromatic carbocycles. The van der Waals surface area contributed by atoms with Crippen LogP contribution in [-0.2, 0) is 0 Å². The first-order valence-electron chi connectivity index (χ1n) is 5.78. The van der Waals surface area contributed by atoms with Gasteiger partial charge in [-0.15, -0.1) is 0 Å². The van der Waals surface area contributed by atoms with Crippen LogP contribution in [-0.4, -0.2) is 11.6 Å². The van der Waals surface area contributed by atoms with Crippen molar-refractivity contribution in [3.05, 3.63) is 66.5 Å². The predicted molar refractivity (Wildman–Crippen MR) is 75.6 cm³/mol. The molecular formula is C16H16O3. The van der Waals surface area contributed by atoms with Gasteiger partial charge in [0.15, 0.2) is 11.6 Å². The van der Waals surface area contributed by atoms with Gasteiger partial charge < -0.3 is 4.74 Å². The molecule has 0 saturated carbocycles. The highest BCUT2D eigenvalue weighted by molar-refractivity contribution is 6.07. The van der Waals surface area contributed by atoms with Crippen LogP contribution in [0.25, 0.3) is 0 Å². The van der Waals surface area contributed by atoms with E-state index in [0.717, 1.165) is 0 Å². The molecule has 0 heterocycles. The maximum Gasteiger partial charge on any atom is 0.160 e. The molecule has 1 aromatic rings. The van der Waals surface area contributed by atoms with E-state index in [1.807, 2.05) is 0 Å². The third-order valence-corrected chi connectivity index (χ3v) is 2.47. The minimum absolute atomic E-state index is 0.151. The molecule has 0 radical (unpaired) electrons. The Morgan fingerprint density at radius 3 is 2.21 bits per heavy atom. The van der Waals surface area contributed by atoms with Crippen LogP contribution in [0.5, 0.6) is 5.75 Å². The molecule has 0 unspecified atom stereocenters. The topological polar surface area (TPSA) is 43.4 Å². The summed E-state index contributed by atoms with van der Waals surface area (Å²) in [7, 11) is 0. The van der Waals surface area contributed by atoms with Gasteiger partial charge >= 0.3 is 0 Å². The lowest BCUT2D eigenvalue weighted by Gasteiger charge is -2.09. The molecule has 0 N–H and O–H groups in total. The summed E-state index contributed by atoms with van der Waals surface area (Å²) in [6.07, 6.45) is 4.76. The summed E-state index contributed by atoms with van der Waals surface area (Å²) >= 11 is 0. The number of carbonyl (C=O) groups is 2. The zero-order valence-corrected chi connectivity index (χ0v) is 11.1. The second-order valence-corrected chi connectivity index (χ2v) is 3.93. The number of rotatable bonds is 6. The average Bonchev–Trinajstić information content (AvgIpc) is 2.37. The maximum absolute atomic E-state index is 11.5. The summed E-state index contributed by atoms with van der Waals surface area (Å²) in [5.41, 5.74) is 0.750. The summed E-state index contributed by atoms with van der Waals surface area (Å²) in [6.45, 7) is 10.0. The standard InChI is InChI=1S/C16H16O3/c1-5-7-13(6-2)19-14-8-9-15(11(3)17)16(10-14)12(4)18/h5-10H,1-2H2,3-4H3/b13-7+. The van der Waals surface area contributed by atoms with Crippen molar-refractivity contribution in [2.45, 2.75) is 13.8 Å². The van der Waals surface area contributed by atoms with Gasteiger partial charge in [0.25, 0.3) is 0 Å². The van der Waals surface area contributed by atoms with Crippen LogP contribution < -0.4 is 4.74 Å². The summed E-state index contributed by atoms with van der Waals surface area (Å²) in [6, 6.07) is 4.78. The lowest BCUT2D eigenvalue weighted by molar-refractivity contribution is 0.0980. The van der Waals surface area contributed by atoms with Gasteiger partial charge in [0.2, 0.25) is 0 Å². The van der Waals surface area contributed by atoms with Gasteiger partial charge in [-0.05, 0) is 44.2 Å². The Bertz CT molecular complexity index is 565. The molecule has 1 rings (SSSR count). The number of benzene rings is 1. The third-order valence-electron chi connectivity index (χ3n) is 2.47. The third kappa shape index (κ3) is 3.78. The summed E-state index contributed by atoms with van der Waals surface area (Å²) in [5, 5.41) is 0.